The molecular weight excluding hydrogens is 354 g/mol. The Hall–Kier alpha value is -2.40. The van der Waals surface area contributed by atoms with Crippen molar-refractivity contribution in [1.29, 1.82) is 0 Å². The van der Waals surface area contributed by atoms with Gasteiger partial charge in [-0.05, 0) is 48.4 Å². The van der Waals surface area contributed by atoms with Gasteiger partial charge in [0.05, 0.1) is 5.69 Å². The van der Waals surface area contributed by atoms with Crippen LogP contribution in [0.25, 0.3) is 5.69 Å². The molecule has 0 radical (unpaired) electrons. The fourth-order valence-electron chi connectivity index (χ4n) is 2.30. The summed E-state index contributed by atoms with van der Waals surface area (Å²) in [5, 5.41) is 7.11. The van der Waals surface area contributed by atoms with Crippen LogP contribution in [0.2, 0.25) is 0 Å². The number of aromatic nitrogens is 2. The summed E-state index contributed by atoms with van der Waals surface area (Å²) in [5.41, 5.74) is 2.76. The standard InChI is InChI=1S/C18H16BrN3O/c19-17-5-2-1-4-14(17)10-12-20-18(23)15-6-8-16(9-7-15)22-13-3-11-21-22/h1-9,11,13H,10,12H2,(H,20,23). The predicted molar refractivity (Wildman–Crippen MR) is 93.7 cm³/mol. The molecule has 23 heavy (non-hydrogen) atoms. The van der Waals surface area contributed by atoms with Gasteiger partial charge in [-0.2, -0.15) is 5.10 Å². The number of nitrogens with one attached hydrogen (secondary N) is 1. The average Bonchev–Trinajstić information content (AvgIpc) is 3.11. The minimum absolute atomic E-state index is 0.0657. The molecule has 1 aromatic heterocycles. The zero-order valence-electron chi connectivity index (χ0n) is 12.4. The zero-order chi connectivity index (χ0) is 16.1. The monoisotopic (exact) mass is 369 g/mol. The maximum atomic E-state index is 12.2. The van der Waals surface area contributed by atoms with Gasteiger partial charge in [0.2, 0.25) is 0 Å². The Morgan fingerprint density at radius 3 is 2.57 bits per heavy atom. The second-order valence-corrected chi connectivity index (χ2v) is 5.95. The lowest BCUT2D eigenvalue weighted by atomic mass is 10.1. The highest BCUT2D eigenvalue weighted by Crippen LogP contribution is 2.16. The Balaban J connectivity index is 1.57. The normalized spacial score (nSPS) is 10.5. The summed E-state index contributed by atoms with van der Waals surface area (Å²) in [5.74, 6) is -0.0657. The van der Waals surface area contributed by atoms with E-state index < -0.39 is 0 Å². The highest BCUT2D eigenvalue weighted by Gasteiger charge is 2.06. The Morgan fingerprint density at radius 1 is 1.09 bits per heavy atom. The third kappa shape index (κ3) is 3.87. The molecule has 0 spiro atoms. The smallest absolute Gasteiger partial charge is 0.251 e. The van der Waals surface area contributed by atoms with Crippen LogP contribution in [0, 0.1) is 0 Å². The molecule has 5 heteroatoms. The van der Waals surface area contributed by atoms with Gasteiger partial charge in [0.1, 0.15) is 0 Å². The molecule has 4 nitrogen and oxygen atoms in total. The molecule has 0 aliphatic rings. The third-order valence-electron chi connectivity index (χ3n) is 3.54. The van der Waals surface area contributed by atoms with Crippen molar-refractivity contribution in [3.05, 3.63) is 82.6 Å². The van der Waals surface area contributed by atoms with E-state index >= 15 is 0 Å². The van der Waals surface area contributed by atoms with Crippen molar-refractivity contribution in [2.24, 2.45) is 0 Å². The van der Waals surface area contributed by atoms with Crippen LogP contribution in [-0.4, -0.2) is 22.2 Å². The first-order valence-corrected chi connectivity index (χ1v) is 8.15. The van der Waals surface area contributed by atoms with Crippen LogP contribution in [0.5, 0.6) is 0 Å². The lowest BCUT2D eigenvalue weighted by Crippen LogP contribution is -2.25. The number of carbonyl (C=O) groups is 1. The highest BCUT2D eigenvalue weighted by molar-refractivity contribution is 9.10. The SMILES string of the molecule is O=C(NCCc1ccccc1Br)c1ccc(-n2cccn2)cc1. The molecule has 0 fully saturated rings. The second-order valence-electron chi connectivity index (χ2n) is 5.09. The summed E-state index contributed by atoms with van der Waals surface area (Å²) in [7, 11) is 0. The van der Waals surface area contributed by atoms with E-state index in [0.717, 1.165) is 16.6 Å². The molecular formula is C18H16BrN3O. The number of hydrogen-bond donors (Lipinski definition) is 1. The van der Waals surface area contributed by atoms with E-state index in [9.17, 15) is 4.79 Å². The van der Waals surface area contributed by atoms with Crippen LogP contribution in [0.4, 0.5) is 0 Å². The van der Waals surface area contributed by atoms with Crippen molar-refractivity contribution in [3.63, 3.8) is 0 Å². The summed E-state index contributed by atoms with van der Waals surface area (Å²) < 4.78 is 2.83. The maximum absolute atomic E-state index is 12.2. The van der Waals surface area contributed by atoms with Crippen molar-refractivity contribution >= 4 is 21.8 Å². The molecule has 0 saturated heterocycles. The molecule has 1 amide bonds. The number of benzene rings is 2. The van der Waals surface area contributed by atoms with Gasteiger partial charge >= 0.3 is 0 Å². The van der Waals surface area contributed by atoms with Crippen LogP contribution >= 0.6 is 15.9 Å². The summed E-state index contributed by atoms with van der Waals surface area (Å²) in [6, 6.07) is 17.3. The number of carbonyl (C=O) groups excluding carboxylic acids is 1. The minimum atomic E-state index is -0.0657. The molecule has 0 unspecified atom stereocenters. The lowest BCUT2D eigenvalue weighted by Gasteiger charge is -2.08. The molecule has 0 aliphatic carbocycles. The Morgan fingerprint density at radius 2 is 1.87 bits per heavy atom. The molecule has 3 rings (SSSR count). The van der Waals surface area contributed by atoms with Gasteiger partial charge in [-0.25, -0.2) is 4.68 Å². The highest BCUT2D eigenvalue weighted by atomic mass is 79.9. The van der Waals surface area contributed by atoms with Gasteiger partial charge in [0.15, 0.2) is 0 Å². The maximum Gasteiger partial charge on any atom is 0.251 e. The second kappa shape index (κ2) is 7.24. The van der Waals surface area contributed by atoms with Gasteiger partial charge in [0.25, 0.3) is 5.91 Å². The van der Waals surface area contributed by atoms with Crippen molar-refractivity contribution in [2.75, 3.05) is 6.54 Å². The van der Waals surface area contributed by atoms with Crippen LogP contribution in [0.15, 0.2) is 71.5 Å². The van der Waals surface area contributed by atoms with E-state index in [2.05, 4.69) is 32.4 Å². The van der Waals surface area contributed by atoms with E-state index in [-0.39, 0.29) is 5.91 Å². The summed E-state index contributed by atoms with van der Waals surface area (Å²) in [6.07, 6.45) is 4.38. The van der Waals surface area contributed by atoms with Gasteiger partial charge in [0, 0.05) is 29.0 Å². The summed E-state index contributed by atoms with van der Waals surface area (Å²) in [6.45, 7) is 0.600. The number of halogens is 1. The predicted octanol–water partition coefficient (Wildman–Crippen LogP) is 3.61. The van der Waals surface area contributed by atoms with Crippen molar-refractivity contribution in [1.82, 2.24) is 15.1 Å². The fraction of sp³-hybridized carbons (Fsp3) is 0.111. The quantitative estimate of drug-likeness (QED) is 0.746. The molecule has 1 heterocycles. The van der Waals surface area contributed by atoms with E-state index in [1.54, 1.807) is 10.9 Å². The lowest BCUT2D eigenvalue weighted by molar-refractivity contribution is 0.0954. The molecule has 0 bridgehead atoms. The van der Waals surface area contributed by atoms with Gasteiger partial charge in [-0.15, -0.1) is 0 Å². The molecule has 1 N–H and O–H groups in total. The van der Waals surface area contributed by atoms with Crippen LogP contribution in [-0.2, 0) is 6.42 Å². The number of nitrogens with zero attached hydrogens (tertiary/aromatic N) is 2. The fourth-order valence-corrected chi connectivity index (χ4v) is 2.78. The number of hydrogen-bond acceptors (Lipinski definition) is 2. The topological polar surface area (TPSA) is 46.9 Å². The minimum Gasteiger partial charge on any atom is -0.352 e. The van der Waals surface area contributed by atoms with Gasteiger partial charge in [-0.1, -0.05) is 34.1 Å². The zero-order valence-corrected chi connectivity index (χ0v) is 14.0. The molecule has 2 aromatic carbocycles. The van der Waals surface area contributed by atoms with Crippen molar-refractivity contribution in [2.45, 2.75) is 6.42 Å². The number of amides is 1. The van der Waals surface area contributed by atoms with E-state index in [1.165, 1.54) is 5.56 Å². The van der Waals surface area contributed by atoms with Crippen molar-refractivity contribution in [3.8, 4) is 5.69 Å². The van der Waals surface area contributed by atoms with E-state index in [1.807, 2.05) is 54.7 Å². The first-order valence-electron chi connectivity index (χ1n) is 7.36. The first-order chi connectivity index (χ1) is 11.2. The molecule has 0 aliphatic heterocycles. The van der Waals surface area contributed by atoms with Gasteiger partial charge < -0.3 is 5.32 Å². The Kier molecular flexibility index (Phi) is 4.88. The molecule has 0 saturated carbocycles. The van der Waals surface area contributed by atoms with Crippen molar-refractivity contribution < 1.29 is 4.79 Å². The van der Waals surface area contributed by atoms with Crippen LogP contribution < -0.4 is 5.32 Å². The summed E-state index contributed by atoms with van der Waals surface area (Å²) in [4.78, 5) is 12.2. The Labute approximate surface area is 143 Å². The van der Waals surface area contributed by atoms with E-state index in [4.69, 9.17) is 0 Å². The van der Waals surface area contributed by atoms with Crippen LogP contribution in [0.3, 0.4) is 0 Å². The van der Waals surface area contributed by atoms with E-state index in [0.29, 0.717) is 12.1 Å². The number of rotatable bonds is 5. The molecule has 0 atom stereocenters. The largest absolute Gasteiger partial charge is 0.352 e. The third-order valence-corrected chi connectivity index (χ3v) is 4.31. The van der Waals surface area contributed by atoms with Gasteiger partial charge in [-0.3, -0.25) is 4.79 Å². The Bertz CT molecular complexity index is 782. The average molecular weight is 370 g/mol. The first kappa shape index (κ1) is 15.5. The molecule has 3 aromatic rings. The summed E-state index contributed by atoms with van der Waals surface area (Å²) >= 11 is 3.51. The van der Waals surface area contributed by atoms with Crippen LogP contribution in [0.1, 0.15) is 15.9 Å². The molecule has 116 valence electrons.